The fourth-order valence-corrected chi connectivity index (χ4v) is 3.64. The van der Waals surface area contributed by atoms with Gasteiger partial charge < -0.3 is 10.6 Å². The Morgan fingerprint density at radius 2 is 1.89 bits per heavy atom. The molecule has 0 radical (unpaired) electrons. The van der Waals surface area contributed by atoms with Crippen molar-refractivity contribution in [2.24, 2.45) is 0 Å². The second-order valence-electron chi connectivity index (χ2n) is 6.83. The van der Waals surface area contributed by atoms with Crippen LogP contribution < -0.4 is 10.6 Å². The molecule has 1 aliphatic rings. The number of piperidine rings is 1. The van der Waals surface area contributed by atoms with Gasteiger partial charge in [-0.15, -0.1) is 0 Å². The van der Waals surface area contributed by atoms with Crippen LogP contribution in [0.25, 0.3) is 0 Å². The summed E-state index contributed by atoms with van der Waals surface area (Å²) in [6, 6.07) is 6.59. The van der Waals surface area contributed by atoms with Crippen LogP contribution in [0.4, 0.5) is 0 Å². The van der Waals surface area contributed by atoms with Crippen molar-refractivity contribution >= 4 is 15.9 Å². The van der Waals surface area contributed by atoms with Gasteiger partial charge in [-0.2, -0.15) is 0 Å². The van der Waals surface area contributed by atoms with Crippen molar-refractivity contribution in [3.8, 4) is 0 Å². The summed E-state index contributed by atoms with van der Waals surface area (Å²) >= 11 is 3.42. The molecule has 0 amide bonds. The number of hydrogen-bond acceptors (Lipinski definition) is 3. The Hall–Kier alpha value is -0.450. The standard InChI is InChI=1S/C15H24BrN3/c1-14(2)8-12(9-15(3,4)19-14)17-10-11-6-5-7-13(16)18-11/h5-7,12,17,19H,8-10H2,1-4H3. The molecule has 0 aromatic carbocycles. The van der Waals surface area contributed by atoms with Gasteiger partial charge in [-0.1, -0.05) is 6.07 Å². The van der Waals surface area contributed by atoms with Gasteiger partial charge >= 0.3 is 0 Å². The largest absolute Gasteiger partial charge is 0.308 e. The first kappa shape index (κ1) is 14.9. The molecule has 0 saturated carbocycles. The van der Waals surface area contributed by atoms with E-state index in [4.69, 9.17) is 0 Å². The molecule has 3 nitrogen and oxygen atoms in total. The van der Waals surface area contributed by atoms with Crippen molar-refractivity contribution < 1.29 is 0 Å². The molecule has 1 fully saturated rings. The first-order valence-corrected chi connectivity index (χ1v) is 7.69. The molecule has 1 aromatic heterocycles. The van der Waals surface area contributed by atoms with E-state index in [0.29, 0.717) is 6.04 Å². The molecular formula is C15H24BrN3. The Bertz CT molecular complexity index is 427. The normalized spacial score (nSPS) is 22.4. The second kappa shape index (κ2) is 5.51. The summed E-state index contributed by atoms with van der Waals surface area (Å²) < 4.78 is 0.901. The van der Waals surface area contributed by atoms with Crippen LogP contribution >= 0.6 is 15.9 Å². The minimum Gasteiger partial charge on any atom is -0.308 e. The minimum absolute atomic E-state index is 0.185. The summed E-state index contributed by atoms with van der Waals surface area (Å²) in [7, 11) is 0. The number of nitrogens with zero attached hydrogens (tertiary/aromatic N) is 1. The van der Waals surface area contributed by atoms with Gasteiger partial charge in [-0.3, -0.25) is 0 Å². The van der Waals surface area contributed by atoms with E-state index in [-0.39, 0.29) is 11.1 Å². The Morgan fingerprint density at radius 1 is 1.26 bits per heavy atom. The van der Waals surface area contributed by atoms with Crippen LogP contribution in [0.15, 0.2) is 22.8 Å². The highest BCUT2D eigenvalue weighted by Crippen LogP contribution is 2.28. The molecule has 2 heterocycles. The third-order valence-corrected chi connectivity index (χ3v) is 3.98. The van der Waals surface area contributed by atoms with Crippen LogP contribution in [0.2, 0.25) is 0 Å². The summed E-state index contributed by atoms with van der Waals surface area (Å²) in [5.74, 6) is 0. The van der Waals surface area contributed by atoms with Crippen LogP contribution in [0.1, 0.15) is 46.2 Å². The molecule has 0 unspecified atom stereocenters. The zero-order chi connectivity index (χ0) is 14.1. The van der Waals surface area contributed by atoms with Gasteiger partial charge in [0.15, 0.2) is 0 Å². The maximum absolute atomic E-state index is 4.47. The molecule has 1 aromatic rings. The quantitative estimate of drug-likeness (QED) is 0.838. The van der Waals surface area contributed by atoms with Gasteiger partial charge in [0.05, 0.1) is 5.69 Å². The minimum atomic E-state index is 0.185. The average Bonchev–Trinajstić information content (AvgIpc) is 2.22. The van der Waals surface area contributed by atoms with E-state index in [0.717, 1.165) is 29.7 Å². The smallest absolute Gasteiger partial charge is 0.106 e. The first-order valence-electron chi connectivity index (χ1n) is 6.90. The van der Waals surface area contributed by atoms with Gasteiger partial charge in [-0.05, 0) is 68.6 Å². The first-order chi connectivity index (χ1) is 8.76. The van der Waals surface area contributed by atoms with Crippen LogP contribution in [-0.4, -0.2) is 22.1 Å². The summed E-state index contributed by atoms with van der Waals surface area (Å²) in [6.45, 7) is 9.94. The molecule has 0 bridgehead atoms. The third-order valence-electron chi connectivity index (χ3n) is 3.53. The number of halogens is 1. The van der Waals surface area contributed by atoms with Crippen molar-refractivity contribution in [2.75, 3.05) is 0 Å². The molecule has 4 heteroatoms. The van der Waals surface area contributed by atoms with Gasteiger partial charge in [0.25, 0.3) is 0 Å². The predicted molar refractivity (Wildman–Crippen MR) is 83.1 cm³/mol. The number of pyridine rings is 1. The number of nitrogens with one attached hydrogen (secondary N) is 2. The molecule has 0 spiro atoms. The SMILES string of the molecule is CC1(C)CC(NCc2cccc(Br)n2)CC(C)(C)N1. The summed E-state index contributed by atoms with van der Waals surface area (Å²) in [5.41, 5.74) is 1.46. The van der Waals surface area contributed by atoms with E-state index < -0.39 is 0 Å². The molecule has 0 aliphatic carbocycles. The number of aromatic nitrogens is 1. The molecule has 2 N–H and O–H groups in total. The lowest BCUT2D eigenvalue weighted by molar-refractivity contribution is 0.145. The molecule has 1 aliphatic heterocycles. The van der Waals surface area contributed by atoms with E-state index in [2.05, 4.69) is 65.3 Å². The topological polar surface area (TPSA) is 37.0 Å². The predicted octanol–water partition coefficient (Wildman–Crippen LogP) is 3.24. The van der Waals surface area contributed by atoms with Gasteiger partial charge in [-0.25, -0.2) is 4.98 Å². The Kier molecular flexibility index (Phi) is 4.33. The molecule has 106 valence electrons. The molecule has 19 heavy (non-hydrogen) atoms. The van der Waals surface area contributed by atoms with E-state index in [9.17, 15) is 0 Å². The van der Waals surface area contributed by atoms with Crippen molar-refractivity contribution in [2.45, 2.75) is 64.2 Å². The summed E-state index contributed by atoms with van der Waals surface area (Å²) in [4.78, 5) is 4.47. The van der Waals surface area contributed by atoms with Crippen LogP contribution in [-0.2, 0) is 6.54 Å². The second-order valence-corrected chi connectivity index (χ2v) is 7.64. The highest BCUT2D eigenvalue weighted by molar-refractivity contribution is 9.10. The molecule has 1 saturated heterocycles. The lowest BCUT2D eigenvalue weighted by atomic mass is 9.79. The van der Waals surface area contributed by atoms with E-state index in [1.807, 2.05) is 12.1 Å². The van der Waals surface area contributed by atoms with Gasteiger partial charge in [0.2, 0.25) is 0 Å². The Morgan fingerprint density at radius 3 is 2.47 bits per heavy atom. The number of hydrogen-bond donors (Lipinski definition) is 2. The third kappa shape index (κ3) is 4.55. The summed E-state index contributed by atoms with van der Waals surface area (Å²) in [6.07, 6.45) is 2.29. The van der Waals surface area contributed by atoms with Crippen LogP contribution in [0.3, 0.4) is 0 Å². The molecule has 0 atom stereocenters. The summed E-state index contributed by atoms with van der Waals surface area (Å²) in [5, 5.41) is 7.36. The van der Waals surface area contributed by atoms with Crippen LogP contribution in [0.5, 0.6) is 0 Å². The molecule has 2 rings (SSSR count). The Balaban J connectivity index is 1.96. The zero-order valence-electron chi connectivity index (χ0n) is 12.3. The van der Waals surface area contributed by atoms with Crippen molar-refractivity contribution in [1.82, 2.24) is 15.6 Å². The maximum atomic E-state index is 4.47. The fourth-order valence-electron chi connectivity index (χ4n) is 3.26. The van der Waals surface area contributed by atoms with Crippen molar-refractivity contribution in [3.05, 3.63) is 28.5 Å². The monoisotopic (exact) mass is 325 g/mol. The van der Waals surface area contributed by atoms with E-state index in [1.54, 1.807) is 0 Å². The zero-order valence-corrected chi connectivity index (χ0v) is 13.8. The lowest BCUT2D eigenvalue weighted by Crippen LogP contribution is -2.61. The van der Waals surface area contributed by atoms with Gasteiger partial charge in [0, 0.05) is 23.7 Å². The number of rotatable bonds is 3. The highest BCUT2D eigenvalue weighted by Gasteiger charge is 2.37. The molecular weight excluding hydrogens is 302 g/mol. The maximum Gasteiger partial charge on any atom is 0.106 e. The Labute approximate surface area is 124 Å². The highest BCUT2D eigenvalue weighted by atomic mass is 79.9. The van der Waals surface area contributed by atoms with Crippen molar-refractivity contribution in [3.63, 3.8) is 0 Å². The van der Waals surface area contributed by atoms with Gasteiger partial charge in [0.1, 0.15) is 4.60 Å². The van der Waals surface area contributed by atoms with E-state index in [1.165, 1.54) is 0 Å². The fraction of sp³-hybridized carbons (Fsp3) is 0.667. The average molecular weight is 326 g/mol. The van der Waals surface area contributed by atoms with Crippen molar-refractivity contribution in [1.29, 1.82) is 0 Å². The van der Waals surface area contributed by atoms with Crippen LogP contribution in [0, 0.1) is 0 Å². The van der Waals surface area contributed by atoms with E-state index >= 15 is 0 Å². The lowest BCUT2D eigenvalue weighted by Gasteiger charge is -2.46.